The number of amides is 2. The molecule has 1 saturated heterocycles. The van der Waals surface area contributed by atoms with Gasteiger partial charge in [0.1, 0.15) is 12.4 Å². The number of pyridine rings is 1. The summed E-state index contributed by atoms with van der Waals surface area (Å²) in [6.45, 7) is 2.27. The van der Waals surface area contributed by atoms with E-state index in [4.69, 9.17) is 9.47 Å². The molecule has 182 valence electrons. The van der Waals surface area contributed by atoms with Crippen molar-refractivity contribution < 1.29 is 19.1 Å². The summed E-state index contributed by atoms with van der Waals surface area (Å²) in [5.74, 6) is 1.05. The highest BCUT2D eigenvalue weighted by Crippen LogP contribution is 2.19. The van der Waals surface area contributed by atoms with Gasteiger partial charge < -0.3 is 19.7 Å². The number of aromatic nitrogens is 1. The number of ether oxygens (including phenoxy) is 2. The number of carbonyl (C=O) groups excluding carboxylic acids is 2. The van der Waals surface area contributed by atoms with Crippen LogP contribution in [0, 0.1) is 5.92 Å². The van der Waals surface area contributed by atoms with Gasteiger partial charge in [-0.2, -0.15) is 0 Å². The lowest BCUT2D eigenvalue weighted by atomic mass is 9.96. The number of hydrogen-bond donors (Lipinski definition) is 1. The fourth-order valence-corrected chi connectivity index (χ4v) is 4.05. The van der Waals surface area contributed by atoms with Gasteiger partial charge in [-0.1, -0.05) is 48.5 Å². The van der Waals surface area contributed by atoms with Crippen molar-refractivity contribution in [3.8, 4) is 11.6 Å². The Morgan fingerprint density at radius 3 is 2.54 bits per heavy atom. The Kier molecular flexibility index (Phi) is 8.70. The van der Waals surface area contributed by atoms with Crippen molar-refractivity contribution in [2.45, 2.75) is 32.4 Å². The summed E-state index contributed by atoms with van der Waals surface area (Å²) >= 11 is 0. The van der Waals surface area contributed by atoms with E-state index in [0.717, 1.165) is 29.7 Å². The zero-order chi connectivity index (χ0) is 24.3. The van der Waals surface area contributed by atoms with Crippen LogP contribution in [0.15, 0.2) is 79.0 Å². The molecule has 2 amide bonds. The lowest BCUT2D eigenvalue weighted by molar-refractivity contribution is -0.136. The molecule has 35 heavy (non-hydrogen) atoms. The van der Waals surface area contributed by atoms with Gasteiger partial charge in [0, 0.05) is 31.9 Å². The minimum atomic E-state index is -0.210. The molecule has 2 aromatic carbocycles. The van der Waals surface area contributed by atoms with Crippen LogP contribution in [0.25, 0.3) is 0 Å². The zero-order valence-corrected chi connectivity index (χ0v) is 19.8. The Balaban J connectivity index is 1.21. The van der Waals surface area contributed by atoms with Gasteiger partial charge in [0.25, 0.3) is 0 Å². The number of nitrogens with zero attached hydrogens (tertiary/aromatic N) is 2. The highest BCUT2D eigenvalue weighted by Gasteiger charge is 2.28. The standard InChI is InChI=1S/C28H31N3O4/c32-27(14-17-34-25-11-5-2-6-12-25)31-16-7-10-24(20-31)28(33)30-19-23-13-15-29-26(18-23)35-21-22-8-3-1-4-9-22/h1-6,8-9,11-13,15,18,24H,7,10,14,16-17,19-21H2,(H,30,33). The average Bonchev–Trinajstić information content (AvgIpc) is 2.92. The molecule has 0 radical (unpaired) electrons. The molecule has 7 nitrogen and oxygen atoms in total. The molecule has 3 aromatic rings. The van der Waals surface area contributed by atoms with Crippen LogP contribution in [0.4, 0.5) is 0 Å². The number of nitrogens with one attached hydrogen (secondary N) is 1. The molecule has 0 saturated carbocycles. The number of likely N-dealkylation sites (tertiary alicyclic amines) is 1. The van der Waals surface area contributed by atoms with Gasteiger partial charge in [0.15, 0.2) is 0 Å². The first kappa shape index (κ1) is 24.3. The second-order valence-corrected chi connectivity index (χ2v) is 8.58. The minimum absolute atomic E-state index is 0.0211. The van der Waals surface area contributed by atoms with E-state index in [1.54, 1.807) is 11.1 Å². The van der Waals surface area contributed by atoms with Gasteiger partial charge in [-0.3, -0.25) is 9.59 Å². The van der Waals surface area contributed by atoms with Crippen LogP contribution in [0.2, 0.25) is 0 Å². The smallest absolute Gasteiger partial charge is 0.226 e. The third-order valence-electron chi connectivity index (χ3n) is 5.97. The first-order chi connectivity index (χ1) is 17.2. The van der Waals surface area contributed by atoms with Crippen LogP contribution >= 0.6 is 0 Å². The molecule has 1 N–H and O–H groups in total. The van der Waals surface area contributed by atoms with Crippen molar-refractivity contribution in [1.82, 2.24) is 15.2 Å². The first-order valence-corrected chi connectivity index (χ1v) is 12.0. The number of hydrogen-bond acceptors (Lipinski definition) is 5. The summed E-state index contributed by atoms with van der Waals surface area (Å²) < 4.78 is 11.4. The molecule has 1 aliphatic heterocycles. The first-order valence-electron chi connectivity index (χ1n) is 12.0. The van der Waals surface area contributed by atoms with Crippen LogP contribution in [-0.2, 0) is 22.7 Å². The molecule has 1 atom stereocenters. The van der Waals surface area contributed by atoms with E-state index in [2.05, 4.69) is 10.3 Å². The number of piperidine rings is 1. The maximum absolute atomic E-state index is 12.8. The molecule has 1 aliphatic rings. The maximum Gasteiger partial charge on any atom is 0.226 e. The normalized spacial score (nSPS) is 15.3. The summed E-state index contributed by atoms with van der Waals surface area (Å²) in [7, 11) is 0. The molecule has 1 aromatic heterocycles. The Labute approximate surface area is 206 Å². The third-order valence-corrected chi connectivity index (χ3v) is 5.97. The predicted molar refractivity (Wildman–Crippen MR) is 133 cm³/mol. The van der Waals surface area contributed by atoms with E-state index in [1.165, 1.54) is 0 Å². The van der Waals surface area contributed by atoms with Crippen molar-refractivity contribution in [3.63, 3.8) is 0 Å². The van der Waals surface area contributed by atoms with Crippen molar-refractivity contribution in [3.05, 3.63) is 90.1 Å². The Morgan fingerprint density at radius 2 is 1.74 bits per heavy atom. The monoisotopic (exact) mass is 473 g/mol. The van der Waals surface area contributed by atoms with Crippen molar-refractivity contribution in [1.29, 1.82) is 0 Å². The summed E-state index contributed by atoms with van der Waals surface area (Å²) in [5, 5.41) is 3.01. The predicted octanol–water partition coefficient (Wildman–Crippen LogP) is 3.98. The molecule has 4 rings (SSSR count). The van der Waals surface area contributed by atoms with Crippen molar-refractivity contribution in [2.75, 3.05) is 19.7 Å². The Morgan fingerprint density at radius 1 is 0.971 bits per heavy atom. The SMILES string of the molecule is O=C(NCc1ccnc(OCc2ccccc2)c1)C1CCCN(C(=O)CCOc2ccccc2)C1. The van der Waals surface area contributed by atoms with Gasteiger partial charge in [-0.05, 0) is 42.2 Å². The van der Waals surface area contributed by atoms with Crippen molar-refractivity contribution in [2.24, 2.45) is 5.92 Å². The summed E-state index contributed by atoms with van der Waals surface area (Å²) in [6, 6.07) is 23.1. The lowest BCUT2D eigenvalue weighted by Gasteiger charge is -2.32. The maximum atomic E-state index is 12.8. The number of benzene rings is 2. The second kappa shape index (κ2) is 12.6. The molecule has 0 spiro atoms. The van der Waals surface area contributed by atoms with E-state index in [0.29, 0.717) is 45.1 Å². The van der Waals surface area contributed by atoms with Gasteiger partial charge in [0.2, 0.25) is 17.7 Å². The summed E-state index contributed by atoms with van der Waals surface area (Å²) in [6.07, 6.45) is 3.57. The van der Waals surface area contributed by atoms with Gasteiger partial charge in [0.05, 0.1) is 18.9 Å². The summed E-state index contributed by atoms with van der Waals surface area (Å²) in [4.78, 5) is 31.5. The molecule has 0 bridgehead atoms. The quantitative estimate of drug-likeness (QED) is 0.482. The Hall–Kier alpha value is -3.87. The van der Waals surface area contributed by atoms with Gasteiger partial charge >= 0.3 is 0 Å². The van der Waals surface area contributed by atoms with Crippen LogP contribution in [0.1, 0.15) is 30.4 Å². The van der Waals surface area contributed by atoms with Crippen molar-refractivity contribution >= 4 is 11.8 Å². The van der Waals surface area contributed by atoms with E-state index in [1.807, 2.05) is 72.8 Å². The van der Waals surface area contributed by atoms with Gasteiger partial charge in [-0.25, -0.2) is 4.98 Å². The van der Waals surface area contributed by atoms with Crippen LogP contribution in [-0.4, -0.2) is 41.4 Å². The molecule has 0 aliphatic carbocycles. The van der Waals surface area contributed by atoms with Crippen LogP contribution in [0.3, 0.4) is 0 Å². The largest absolute Gasteiger partial charge is 0.493 e. The molecule has 7 heteroatoms. The molecule has 1 fully saturated rings. The van der Waals surface area contributed by atoms with E-state index >= 15 is 0 Å². The third kappa shape index (κ3) is 7.57. The van der Waals surface area contributed by atoms with Crippen LogP contribution in [0.5, 0.6) is 11.6 Å². The van der Waals surface area contributed by atoms with Crippen LogP contribution < -0.4 is 14.8 Å². The fourth-order valence-electron chi connectivity index (χ4n) is 4.05. The molecular formula is C28H31N3O4. The average molecular weight is 474 g/mol. The van der Waals surface area contributed by atoms with Gasteiger partial charge in [-0.15, -0.1) is 0 Å². The highest BCUT2D eigenvalue weighted by molar-refractivity contribution is 5.81. The zero-order valence-electron chi connectivity index (χ0n) is 19.8. The number of rotatable bonds is 10. The van der Waals surface area contributed by atoms with E-state index in [9.17, 15) is 9.59 Å². The van der Waals surface area contributed by atoms with E-state index in [-0.39, 0.29) is 17.7 Å². The lowest BCUT2D eigenvalue weighted by Crippen LogP contribution is -2.45. The highest BCUT2D eigenvalue weighted by atomic mass is 16.5. The second-order valence-electron chi connectivity index (χ2n) is 8.58. The number of carbonyl (C=O) groups is 2. The topological polar surface area (TPSA) is 80.8 Å². The molecule has 2 heterocycles. The molecule has 1 unspecified atom stereocenters. The number of para-hydroxylation sites is 1. The minimum Gasteiger partial charge on any atom is -0.493 e. The van der Waals surface area contributed by atoms with E-state index < -0.39 is 0 Å². The fraction of sp³-hybridized carbons (Fsp3) is 0.321. The summed E-state index contributed by atoms with van der Waals surface area (Å²) in [5.41, 5.74) is 1.98. The molecular weight excluding hydrogens is 442 g/mol. The Bertz CT molecular complexity index is 1090.